The molecule has 0 bridgehead atoms. The van der Waals surface area contributed by atoms with Crippen molar-refractivity contribution < 1.29 is 27.4 Å². The van der Waals surface area contributed by atoms with Crippen molar-refractivity contribution in [1.29, 1.82) is 0 Å². The van der Waals surface area contributed by atoms with E-state index >= 15 is 0 Å². The molecular weight excluding hydrogens is 191 g/mol. The van der Waals surface area contributed by atoms with E-state index in [0.717, 1.165) is 0 Å². The molecule has 0 saturated carbocycles. The summed E-state index contributed by atoms with van der Waals surface area (Å²) in [6, 6.07) is 0. The van der Waals surface area contributed by atoms with E-state index in [4.69, 9.17) is 0 Å². The fourth-order valence-corrected chi connectivity index (χ4v) is 0.454. The van der Waals surface area contributed by atoms with E-state index in [9.17, 15) is 18.0 Å². The van der Waals surface area contributed by atoms with Crippen LogP contribution in [0, 0.1) is 0 Å². The van der Waals surface area contributed by atoms with Gasteiger partial charge in [-0.3, -0.25) is 0 Å². The maximum absolute atomic E-state index is 12.0. The molecule has 0 spiro atoms. The zero-order valence-electron chi connectivity index (χ0n) is 6.98. The molecule has 0 aliphatic heterocycles. The molecule has 0 heterocycles. The second-order valence-corrected chi connectivity index (χ2v) is 2.08. The van der Waals surface area contributed by atoms with Crippen LogP contribution in [0.4, 0.5) is 18.0 Å². The molecular formula is C6H10F3NO3. The van der Waals surface area contributed by atoms with Crippen LogP contribution in [0.25, 0.3) is 0 Å². The summed E-state index contributed by atoms with van der Waals surface area (Å²) in [6.45, 7) is -1.85. The van der Waals surface area contributed by atoms with Crippen LogP contribution >= 0.6 is 0 Å². The first-order valence-corrected chi connectivity index (χ1v) is 3.41. The minimum atomic E-state index is -4.06. The van der Waals surface area contributed by atoms with E-state index < -0.39 is 18.9 Å². The number of alkyl carbamates (subject to hydrolysis) is 1. The van der Waals surface area contributed by atoms with Crippen molar-refractivity contribution in [2.24, 2.45) is 0 Å². The average molecular weight is 201 g/mol. The molecule has 1 N–H and O–H groups in total. The highest BCUT2D eigenvalue weighted by Crippen LogP contribution is 2.15. The first kappa shape index (κ1) is 12.0. The quantitative estimate of drug-likeness (QED) is 0.673. The van der Waals surface area contributed by atoms with E-state index in [1.54, 1.807) is 0 Å². The Hall–Kier alpha value is -0.980. The molecule has 0 unspecified atom stereocenters. The predicted molar refractivity (Wildman–Crippen MR) is 37.3 cm³/mol. The second kappa shape index (κ2) is 5.63. The van der Waals surface area contributed by atoms with Gasteiger partial charge in [-0.05, 0) is 0 Å². The fourth-order valence-electron chi connectivity index (χ4n) is 0.454. The van der Waals surface area contributed by atoms with Crippen LogP contribution in [0.3, 0.4) is 0 Å². The van der Waals surface area contributed by atoms with E-state index in [-0.39, 0.29) is 13.2 Å². The van der Waals surface area contributed by atoms with Gasteiger partial charge in [-0.15, -0.1) is 0 Å². The van der Waals surface area contributed by atoms with E-state index in [1.807, 2.05) is 5.32 Å². The number of carbonyl (C=O) groups excluding carboxylic acids is 1. The van der Waals surface area contributed by atoms with Gasteiger partial charge in [0.1, 0.15) is 0 Å². The van der Waals surface area contributed by atoms with Gasteiger partial charge in [0.15, 0.2) is 6.67 Å². The summed E-state index contributed by atoms with van der Waals surface area (Å²) in [6.07, 6.45) is -5.43. The molecule has 0 aromatic rings. The molecule has 0 radical (unpaired) electrons. The first-order valence-electron chi connectivity index (χ1n) is 3.41. The molecule has 0 saturated heterocycles. The lowest BCUT2D eigenvalue weighted by atomic mass is 10.7. The lowest BCUT2D eigenvalue weighted by Gasteiger charge is -2.12. The monoisotopic (exact) mass is 201 g/mol. The molecule has 0 aromatic heterocycles. The van der Waals surface area contributed by atoms with Crippen molar-refractivity contribution in [2.75, 3.05) is 26.9 Å². The SMILES string of the molecule is COCCNC(=O)OC(F)(F)CF. The van der Waals surface area contributed by atoms with Crippen LogP contribution in [0.2, 0.25) is 0 Å². The van der Waals surface area contributed by atoms with E-state index in [2.05, 4.69) is 9.47 Å². The normalized spacial score (nSPS) is 11.1. The Kier molecular flexibility index (Phi) is 5.20. The number of carbonyl (C=O) groups is 1. The topological polar surface area (TPSA) is 47.6 Å². The maximum Gasteiger partial charge on any atom is 0.430 e. The van der Waals surface area contributed by atoms with Gasteiger partial charge in [0.2, 0.25) is 0 Å². The Morgan fingerprint density at radius 1 is 1.54 bits per heavy atom. The standard InChI is InChI=1S/C6H10F3NO3/c1-12-3-2-10-5(11)13-6(8,9)4-7/h2-4H2,1H3,(H,10,11). The predicted octanol–water partition coefficient (Wildman–Crippen LogP) is 0.921. The molecule has 4 nitrogen and oxygen atoms in total. The van der Waals surface area contributed by atoms with Gasteiger partial charge in [-0.2, -0.15) is 8.78 Å². The molecule has 0 aromatic carbocycles. The summed E-state index contributed by atoms with van der Waals surface area (Å²) in [7, 11) is 1.38. The Labute approximate surface area is 73.0 Å². The molecule has 13 heavy (non-hydrogen) atoms. The highest BCUT2D eigenvalue weighted by Gasteiger charge is 2.33. The maximum atomic E-state index is 12.0. The van der Waals surface area contributed by atoms with Gasteiger partial charge >= 0.3 is 12.2 Å². The number of rotatable bonds is 5. The Bertz CT molecular complexity index is 165. The molecule has 0 rings (SSSR count). The van der Waals surface area contributed by atoms with Crippen molar-refractivity contribution in [3.8, 4) is 0 Å². The summed E-state index contributed by atoms with van der Waals surface area (Å²) in [4.78, 5) is 10.5. The Morgan fingerprint density at radius 3 is 2.62 bits per heavy atom. The molecule has 0 aliphatic carbocycles. The molecule has 7 heteroatoms. The van der Waals surface area contributed by atoms with Gasteiger partial charge < -0.3 is 14.8 Å². The number of methoxy groups -OCH3 is 1. The minimum absolute atomic E-state index is 0.0255. The molecule has 0 atom stereocenters. The van der Waals surface area contributed by atoms with Crippen LogP contribution in [-0.4, -0.2) is 39.1 Å². The number of ether oxygens (including phenoxy) is 2. The van der Waals surface area contributed by atoms with Crippen molar-refractivity contribution in [2.45, 2.75) is 6.11 Å². The highest BCUT2D eigenvalue weighted by molar-refractivity contribution is 5.67. The van der Waals surface area contributed by atoms with Crippen LogP contribution in [0.15, 0.2) is 0 Å². The van der Waals surface area contributed by atoms with Crippen molar-refractivity contribution in [3.05, 3.63) is 0 Å². The summed E-state index contributed by atoms with van der Waals surface area (Å²) < 4.78 is 43.4. The van der Waals surface area contributed by atoms with Crippen molar-refractivity contribution >= 4 is 6.09 Å². The molecule has 0 fully saturated rings. The first-order chi connectivity index (χ1) is 6.02. The molecule has 0 aliphatic rings. The summed E-state index contributed by atoms with van der Waals surface area (Å²) in [5.41, 5.74) is 0. The third-order valence-corrected chi connectivity index (χ3v) is 0.973. The van der Waals surface area contributed by atoms with Crippen molar-refractivity contribution in [1.82, 2.24) is 5.32 Å². The smallest absolute Gasteiger partial charge is 0.383 e. The number of nitrogens with one attached hydrogen (secondary N) is 1. The summed E-state index contributed by atoms with van der Waals surface area (Å²) in [5.74, 6) is 0. The van der Waals surface area contributed by atoms with Crippen LogP contribution in [-0.2, 0) is 9.47 Å². The lowest BCUT2D eigenvalue weighted by molar-refractivity contribution is -0.207. The second-order valence-electron chi connectivity index (χ2n) is 2.08. The summed E-state index contributed by atoms with van der Waals surface area (Å²) in [5, 5.41) is 1.94. The highest BCUT2D eigenvalue weighted by atomic mass is 19.3. The number of halogens is 3. The Morgan fingerprint density at radius 2 is 2.15 bits per heavy atom. The zero-order chi connectivity index (χ0) is 10.3. The zero-order valence-corrected chi connectivity index (χ0v) is 6.98. The average Bonchev–Trinajstić information content (AvgIpc) is 2.04. The fraction of sp³-hybridized carbons (Fsp3) is 0.833. The van der Waals surface area contributed by atoms with Crippen molar-refractivity contribution in [3.63, 3.8) is 0 Å². The van der Waals surface area contributed by atoms with Crippen LogP contribution in [0.5, 0.6) is 0 Å². The number of hydrogen-bond acceptors (Lipinski definition) is 3. The largest absolute Gasteiger partial charge is 0.430 e. The number of alkyl halides is 3. The van der Waals surface area contributed by atoms with Gasteiger partial charge in [-0.1, -0.05) is 0 Å². The van der Waals surface area contributed by atoms with E-state index in [1.165, 1.54) is 7.11 Å². The third-order valence-electron chi connectivity index (χ3n) is 0.973. The third kappa shape index (κ3) is 6.21. The van der Waals surface area contributed by atoms with Gasteiger partial charge in [0, 0.05) is 13.7 Å². The summed E-state index contributed by atoms with van der Waals surface area (Å²) >= 11 is 0. The lowest BCUT2D eigenvalue weighted by Crippen LogP contribution is -2.35. The molecule has 78 valence electrons. The number of hydrogen-bond donors (Lipinski definition) is 1. The van der Waals surface area contributed by atoms with Gasteiger partial charge in [0.25, 0.3) is 0 Å². The van der Waals surface area contributed by atoms with Crippen LogP contribution in [0.1, 0.15) is 0 Å². The van der Waals surface area contributed by atoms with Gasteiger partial charge in [-0.25, -0.2) is 9.18 Å². The molecule has 1 amide bonds. The minimum Gasteiger partial charge on any atom is -0.383 e. The van der Waals surface area contributed by atoms with Gasteiger partial charge in [0.05, 0.1) is 6.61 Å². The number of amides is 1. The Balaban J connectivity index is 3.62. The van der Waals surface area contributed by atoms with E-state index in [0.29, 0.717) is 0 Å². The van der Waals surface area contributed by atoms with Crippen LogP contribution < -0.4 is 5.32 Å².